The number of anilines is 1. The number of nitrogen functional groups attached to an aromatic ring is 1. The molecule has 0 amide bonds. The second kappa shape index (κ2) is 5.00. The molecule has 0 saturated carbocycles. The highest BCUT2D eigenvalue weighted by Crippen LogP contribution is 2.35. The van der Waals surface area contributed by atoms with Crippen LogP contribution in [0.3, 0.4) is 0 Å². The average Bonchev–Trinajstić information content (AvgIpc) is 2.96. The normalized spacial score (nSPS) is 10.9. The van der Waals surface area contributed by atoms with E-state index in [4.69, 9.17) is 5.73 Å². The van der Waals surface area contributed by atoms with E-state index in [0.717, 1.165) is 33.4 Å². The van der Waals surface area contributed by atoms with Crippen LogP contribution in [0, 0.1) is 0 Å². The minimum absolute atomic E-state index is 0.655. The van der Waals surface area contributed by atoms with Crippen molar-refractivity contribution in [1.82, 2.24) is 15.2 Å². The van der Waals surface area contributed by atoms with Crippen LogP contribution in [0.15, 0.2) is 66.9 Å². The Kier molecular flexibility index (Phi) is 2.86. The third-order valence-electron chi connectivity index (χ3n) is 3.77. The van der Waals surface area contributed by atoms with E-state index in [2.05, 4.69) is 15.2 Å². The summed E-state index contributed by atoms with van der Waals surface area (Å²) in [4.78, 5) is 4.39. The summed E-state index contributed by atoms with van der Waals surface area (Å²) in [5.74, 6) is 0. The van der Waals surface area contributed by atoms with Gasteiger partial charge in [-0.15, -0.1) is 0 Å². The first-order valence-electron chi connectivity index (χ1n) is 7.08. The summed E-state index contributed by atoms with van der Waals surface area (Å²) in [6, 6.07) is 19.9. The Balaban J connectivity index is 1.92. The molecule has 2 aromatic carbocycles. The van der Waals surface area contributed by atoms with Crippen molar-refractivity contribution < 1.29 is 0 Å². The van der Waals surface area contributed by atoms with Gasteiger partial charge in [-0.25, -0.2) is 0 Å². The number of nitrogens with two attached hydrogens (primary N) is 1. The first kappa shape index (κ1) is 12.6. The first-order chi connectivity index (χ1) is 10.8. The molecule has 0 fully saturated rings. The van der Waals surface area contributed by atoms with E-state index in [9.17, 15) is 0 Å². The zero-order valence-electron chi connectivity index (χ0n) is 11.8. The summed E-state index contributed by atoms with van der Waals surface area (Å²) in [5.41, 5.74) is 11.6. The molecule has 2 heterocycles. The summed E-state index contributed by atoms with van der Waals surface area (Å²) in [5, 5.41) is 8.53. The van der Waals surface area contributed by atoms with E-state index in [-0.39, 0.29) is 0 Å². The second-order valence-corrected chi connectivity index (χ2v) is 5.10. The molecule has 0 aliphatic rings. The van der Waals surface area contributed by atoms with Crippen LogP contribution in [0.2, 0.25) is 0 Å². The lowest BCUT2D eigenvalue weighted by atomic mass is 10.0. The molecule has 0 unspecified atom stereocenters. The number of nitrogens with one attached hydrogen (secondary N) is 1. The fraction of sp³-hybridized carbons (Fsp3) is 0. The molecule has 3 N–H and O–H groups in total. The quantitative estimate of drug-likeness (QED) is 0.587. The van der Waals surface area contributed by atoms with Crippen molar-refractivity contribution in [2.24, 2.45) is 0 Å². The molecule has 22 heavy (non-hydrogen) atoms. The minimum atomic E-state index is 0.655. The van der Waals surface area contributed by atoms with Gasteiger partial charge in [0.25, 0.3) is 0 Å². The fourth-order valence-corrected chi connectivity index (χ4v) is 2.69. The Morgan fingerprint density at radius 2 is 1.64 bits per heavy atom. The van der Waals surface area contributed by atoms with Crippen molar-refractivity contribution in [2.45, 2.75) is 0 Å². The molecule has 4 heteroatoms. The summed E-state index contributed by atoms with van der Waals surface area (Å²) in [6.45, 7) is 0. The molecular formula is C18H14N4. The van der Waals surface area contributed by atoms with Gasteiger partial charge in [-0.2, -0.15) is 5.10 Å². The highest BCUT2D eigenvalue weighted by atomic mass is 15.1. The average molecular weight is 286 g/mol. The highest BCUT2D eigenvalue weighted by molar-refractivity contribution is 5.98. The molecule has 4 nitrogen and oxygen atoms in total. The standard InChI is InChI=1S/C18H14N4/c19-16-17(12-6-2-1-3-7-12)21-22-18(16)14-10-11-20-15-9-5-4-8-13(14)15/h1-11H,19H2,(H,21,22). The topological polar surface area (TPSA) is 67.6 Å². The molecule has 0 aliphatic carbocycles. The van der Waals surface area contributed by atoms with Crippen molar-refractivity contribution in [1.29, 1.82) is 0 Å². The van der Waals surface area contributed by atoms with Crippen LogP contribution in [-0.2, 0) is 0 Å². The second-order valence-electron chi connectivity index (χ2n) is 5.10. The Morgan fingerprint density at radius 3 is 2.50 bits per heavy atom. The van der Waals surface area contributed by atoms with Gasteiger partial charge >= 0.3 is 0 Å². The molecule has 0 spiro atoms. The third-order valence-corrected chi connectivity index (χ3v) is 3.77. The number of hydrogen-bond donors (Lipinski definition) is 2. The van der Waals surface area contributed by atoms with Crippen LogP contribution < -0.4 is 5.73 Å². The van der Waals surface area contributed by atoms with Crippen molar-refractivity contribution in [3.8, 4) is 22.5 Å². The predicted octanol–water partition coefficient (Wildman–Crippen LogP) is 3.87. The van der Waals surface area contributed by atoms with Gasteiger partial charge in [0.05, 0.1) is 16.9 Å². The number of benzene rings is 2. The zero-order chi connectivity index (χ0) is 14.9. The highest BCUT2D eigenvalue weighted by Gasteiger charge is 2.15. The molecular weight excluding hydrogens is 272 g/mol. The van der Waals surface area contributed by atoms with Gasteiger partial charge in [-0.05, 0) is 12.1 Å². The van der Waals surface area contributed by atoms with Gasteiger partial charge in [0.15, 0.2) is 0 Å². The maximum Gasteiger partial charge on any atom is 0.116 e. The predicted molar refractivity (Wildman–Crippen MR) is 89.2 cm³/mol. The molecule has 4 aromatic rings. The number of para-hydroxylation sites is 1. The van der Waals surface area contributed by atoms with Crippen molar-refractivity contribution in [3.05, 3.63) is 66.9 Å². The summed E-state index contributed by atoms with van der Waals surface area (Å²) < 4.78 is 0. The number of nitrogens with zero attached hydrogens (tertiary/aromatic N) is 2. The molecule has 4 rings (SSSR count). The van der Waals surface area contributed by atoms with Gasteiger partial charge in [0, 0.05) is 22.7 Å². The van der Waals surface area contributed by atoms with Gasteiger partial charge in [-0.3, -0.25) is 10.1 Å². The Bertz CT molecular complexity index is 936. The largest absolute Gasteiger partial charge is 0.395 e. The fourth-order valence-electron chi connectivity index (χ4n) is 2.69. The Labute approximate surface area is 127 Å². The van der Waals surface area contributed by atoms with Crippen LogP contribution >= 0.6 is 0 Å². The van der Waals surface area contributed by atoms with Crippen LogP contribution in [0.4, 0.5) is 5.69 Å². The lowest BCUT2D eigenvalue weighted by Gasteiger charge is -2.05. The maximum absolute atomic E-state index is 6.34. The SMILES string of the molecule is Nc1c(-c2ccccc2)n[nH]c1-c1ccnc2ccccc12. The first-order valence-corrected chi connectivity index (χ1v) is 7.08. The van der Waals surface area contributed by atoms with Crippen LogP contribution in [0.25, 0.3) is 33.4 Å². The number of fused-ring (bicyclic) bond motifs is 1. The van der Waals surface area contributed by atoms with Crippen molar-refractivity contribution in [2.75, 3.05) is 5.73 Å². The van der Waals surface area contributed by atoms with Crippen LogP contribution in [0.1, 0.15) is 0 Å². The molecule has 0 radical (unpaired) electrons. The number of rotatable bonds is 2. The van der Waals surface area contributed by atoms with E-state index in [1.807, 2.05) is 60.7 Å². The minimum Gasteiger partial charge on any atom is -0.395 e. The van der Waals surface area contributed by atoms with E-state index in [1.54, 1.807) is 6.20 Å². The molecule has 106 valence electrons. The van der Waals surface area contributed by atoms with E-state index in [0.29, 0.717) is 5.69 Å². The van der Waals surface area contributed by atoms with Crippen molar-refractivity contribution in [3.63, 3.8) is 0 Å². The molecule has 0 bridgehead atoms. The summed E-state index contributed by atoms with van der Waals surface area (Å²) in [7, 11) is 0. The number of pyridine rings is 1. The molecule has 2 aromatic heterocycles. The number of hydrogen-bond acceptors (Lipinski definition) is 3. The van der Waals surface area contributed by atoms with Crippen LogP contribution in [0.5, 0.6) is 0 Å². The van der Waals surface area contributed by atoms with Crippen LogP contribution in [-0.4, -0.2) is 15.2 Å². The Morgan fingerprint density at radius 1 is 0.864 bits per heavy atom. The van der Waals surface area contributed by atoms with E-state index in [1.165, 1.54) is 0 Å². The number of aromatic nitrogens is 3. The van der Waals surface area contributed by atoms with E-state index < -0.39 is 0 Å². The van der Waals surface area contributed by atoms with Gasteiger partial charge in [-0.1, -0.05) is 48.5 Å². The van der Waals surface area contributed by atoms with Gasteiger partial charge in [0.1, 0.15) is 5.69 Å². The zero-order valence-corrected chi connectivity index (χ0v) is 11.8. The van der Waals surface area contributed by atoms with Crippen molar-refractivity contribution >= 4 is 16.6 Å². The van der Waals surface area contributed by atoms with Gasteiger partial charge < -0.3 is 5.73 Å². The summed E-state index contributed by atoms with van der Waals surface area (Å²) in [6.07, 6.45) is 1.79. The summed E-state index contributed by atoms with van der Waals surface area (Å²) >= 11 is 0. The third kappa shape index (κ3) is 1.93. The molecule has 0 atom stereocenters. The van der Waals surface area contributed by atoms with E-state index >= 15 is 0 Å². The maximum atomic E-state index is 6.34. The molecule has 0 aliphatic heterocycles. The monoisotopic (exact) mass is 286 g/mol. The smallest absolute Gasteiger partial charge is 0.116 e. The lowest BCUT2D eigenvalue weighted by molar-refractivity contribution is 1.10. The molecule has 0 saturated heterocycles. The number of aromatic amines is 1. The number of H-pyrrole nitrogens is 1. The lowest BCUT2D eigenvalue weighted by Crippen LogP contribution is -1.91. The Hall–Kier alpha value is -3.14. The van der Waals surface area contributed by atoms with Gasteiger partial charge in [0.2, 0.25) is 0 Å².